The van der Waals surface area contributed by atoms with E-state index in [-0.39, 0.29) is 12.5 Å². The highest BCUT2D eigenvalue weighted by Crippen LogP contribution is 1.94. The van der Waals surface area contributed by atoms with Crippen molar-refractivity contribution in [3.05, 3.63) is 23.8 Å². The molecule has 0 heterocycles. The van der Waals surface area contributed by atoms with Crippen molar-refractivity contribution in [2.45, 2.75) is 13.8 Å². The molecule has 0 amide bonds. The minimum absolute atomic E-state index is 0.0386. The molecule has 0 saturated heterocycles. The molecule has 0 aromatic rings. The van der Waals surface area contributed by atoms with Crippen molar-refractivity contribution in [1.82, 2.24) is 5.43 Å². The largest absolute Gasteiger partial charge is 0.460 e. The Kier molecular flexibility index (Phi) is 6.86. The van der Waals surface area contributed by atoms with Crippen LogP contribution in [0, 0.1) is 0 Å². The van der Waals surface area contributed by atoms with E-state index >= 15 is 0 Å². The molecule has 0 fully saturated rings. The molecule has 3 N–H and O–H groups in total. The Hall–Kier alpha value is -1.13. The van der Waals surface area contributed by atoms with Gasteiger partial charge in [-0.2, -0.15) is 0 Å². The van der Waals surface area contributed by atoms with Gasteiger partial charge in [0.1, 0.15) is 13.2 Å². The second kappa shape index (κ2) is 7.52. The summed E-state index contributed by atoms with van der Waals surface area (Å²) >= 11 is 0. The number of nitrogens with two attached hydrogens (primary N) is 1. The number of allylic oxidation sites excluding steroid dienone is 3. The first-order valence-corrected chi connectivity index (χ1v) is 4.08. The Morgan fingerprint density at radius 2 is 2.31 bits per heavy atom. The molecule has 4 heteroatoms. The zero-order valence-corrected chi connectivity index (χ0v) is 8.04. The van der Waals surface area contributed by atoms with Gasteiger partial charge in [0.25, 0.3) is 0 Å². The topological polar surface area (TPSA) is 64.3 Å². The molecular formula is C9H16N2O2. The summed E-state index contributed by atoms with van der Waals surface area (Å²) in [7, 11) is 0. The minimum atomic E-state index is -0.351. The average Bonchev–Trinajstić information content (AvgIpc) is 2.12. The van der Waals surface area contributed by atoms with E-state index in [1.165, 1.54) is 0 Å². The monoisotopic (exact) mass is 184 g/mol. The molecule has 0 aromatic carbocycles. The Morgan fingerprint density at radius 1 is 1.62 bits per heavy atom. The zero-order chi connectivity index (χ0) is 10.1. The third-order valence-electron chi connectivity index (χ3n) is 1.28. The zero-order valence-electron chi connectivity index (χ0n) is 8.04. The van der Waals surface area contributed by atoms with Crippen LogP contribution in [0.15, 0.2) is 23.8 Å². The van der Waals surface area contributed by atoms with Gasteiger partial charge in [0.05, 0.1) is 0 Å². The maximum absolute atomic E-state index is 10.8. The van der Waals surface area contributed by atoms with Gasteiger partial charge in [0.2, 0.25) is 0 Å². The maximum atomic E-state index is 10.8. The molecule has 0 saturated carbocycles. The summed E-state index contributed by atoms with van der Waals surface area (Å²) in [5.41, 5.74) is 3.22. The highest BCUT2D eigenvalue weighted by Gasteiger charge is 1.99. The molecule has 0 aliphatic heterocycles. The third-order valence-corrected chi connectivity index (χ3v) is 1.28. The Labute approximate surface area is 78.4 Å². The van der Waals surface area contributed by atoms with E-state index in [1.54, 1.807) is 0 Å². The van der Waals surface area contributed by atoms with Crippen molar-refractivity contribution in [2.24, 2.45) is 5.84 Å². The molecule has 0 rings (SSSR count). The van der Waals surface area contributed by atoms with Gasteiger partial charge in [-0.1, -0.05) is 18.2 Å². The van der Waals surface area contributed by atoms with E-state index in [0.29, 0.717) is 6.61 Å². The summed E-state index contributed by atoms with van der Waals surface area (Å²) in [4.78, 5) is 10.8. The normalized spacial score (nSPS) is 12.1. The summed E-state index contributed by atoms with van der Waals surface area (Å²) in [6.07, 6.45) is 5.69. The first-order chi connectivity index (χ1) is 6.20. The molecule has 74 valence electrons. The number of hydrogen-bond donors (Lipinski definition) is 2. The van der Waals surface area contributed by atoms with E-state index in [0.717, 1.165) is 5.57 Å². The summed E-state index contributed by atoms with van der Waals surface area (Å²) < 4.78 is 4.86. The second-order valence-electron chi connectivity index (χ2n) is 2.58. The Balaban J connectivity index is 3.69. The molecule has 13 heavy (non-hydrogen) atoms. The Bertz CT molecular complexity index is 210. The number of carbonyl (C=O) groups excluding carboxylic acids is 1. The van der Waals surface area contributed by atoms with Crippen molar-refractivity contribution in [1.29, 1.82) is 0 Å². The van der Waals surface area contributed by atoms with Crippen LogP contribution in [0.25, 0.3) is 0 Å². The summed E-state index contributed by atoms with van der Waals surface area (Å²) in [5.74, 6) is 4.59. The summed E-state index contributed by atoms with van der Waals surface area (Å²) in [6, 6.07) is 0. The van der Waals surface area contributed by atoms with E-state index < -0.39 is 0 Å². The fourth-order valence-corrected chi connectivity index (χ4v) is 0.637. The SMILES string of the molecule is C/C=C\C=C(/C)COC(=O)CNN. The predicted octanol–water partition coefficient (Wildman–Crippen LogP) is 0.515. The highest BCUT2D eigenvalue weighted by molar-refractivity contribution is 5.71. The van der Waals surface area contributed by atoms with Gasteiger partial charge < -0.3 is 4.74 Å². The fraction of sp³-hybridized carbons (Fsp3) is 0.444. The van der Waals surface area contributed by atoms with Crippen LogP contribution in [-0.4, -0.2) is 19.1 Å². The Morgan fingerprint density at radius 3 is 2.85 bits per heavy atom. The van der Waals surface area contributed by atoms with Crippen LogP contribution in [-0.2, 0) is 9.53 Å². The van der Waals surface area contributed by atoms with Gasteiger partial charge in [-0.05, 0) is 19.4 Å². The molecule has 4 nitrogen and oxygen atoms in total. The van der Waals surface area contributed by atoms with Crippen molar-refractivity contribution in [2.75, 3.05) is 13.2 Å². The third kappa shape index (κ3) is 7.24. The first-order valence-electron chi connectivity index (χ1n) is 4.08. The lowest BCUT2D eigenvalue weighted by Gasteiger charge is -2.03. The molecule has 0 aliphatic rings. The van der Waals surface area contributed by atoms with E-state index in [2.05, 4.69) is 5.43 Å². The number of hydrogen-bond acceptors (Lipinski definition) is 4. The predicted molar refractivity (Wildman–Crippen MR) is 51.7 cm³/mol. The lowest BCUT2D eigenvalue weighted by Crippen LogP contribution is -2.30. The molecule has 0 unspecified atom stereocenters. The maximum Gasteiger partial charge on any atom is 0.321 e. The standard InChI is InChI=1S/C9H16N2O2/c1-3-4-5-8(2)7-13-9(12)6-11-10/h3-5,11H,6-7,10H2,1-2H3/b4-3-,8-5+. The quantitative estimate of drug-likeness (QED) is 0.283. The van der Waals surface area contributed by atoms with Crippen LogP contribution in [0.3, 0.4) is 0 Å². The number of esters is 1. The molecule has 0 radical (unpaired) electrons. The van der Waals surface area contributed by atoms with Crippen LogP contribution in [0.1, 0.15) is 13.8 Å². The number of ether oxygens (including phenoxy) is 1. The average molecular weight is 184 g/mol. The lowest BCUT2D eigenvalue weighted by atomic mass is 10.3. The molecule has 0 bridgehead atoms. The van der Waals surface area contributed by atoms with Crippen molar-refractivity contribution in [3.63, 3.8) is 0 Å². The molecule has 0 atom stereocenters. The first kappa shape index (κ1) is 11.9. The van der Waals surface area contributed by atoms with Gasteiger partial charge in [-0.15, -0.1) is 0 Å². The van der Waals surface area contributed by atoms with Crippen molar-refractivity contribution in [3.8, 4) is 0 Å². The van der Waals surface area contributed by atoms with E-state index in [9.17, 15) is 4.79 Å². The van der Waals surface area contributed by atoms with Crippen LogP contribution in [0.5, 0.6) is 0 Å². The van der Waals surface area contributed by atoms with Crippen molar-refractivity contribution < 1.29 is 9.53 Å². The fourth-order valence-electron chi connectivity index (χ4n) is 0.637. The second-order valence-corrected chi connectivity index (χ2v) is 2.58. The van der Waals surface area contributed by atoms with Gasteiger partial charge >= 0.3 is 5.97 Å². The highest BCUT2D eigenvalue weighted by atomic mass is 16.5. The van der Waals surface area contributed by atoms with Crippen LogP contribution >= 0.6 is 0 Å². The smallest absolute Gasteiger partial charge is 0.321 e. The number of rotatable bonds is 5. The molecular weight excluding hydrogens is 168 g/mol. The van der Waals surface area contributed by atoms with Crippen LogP contribution in [0.4, 0.5) is 0 Å². The number of hydrazine groups is 1. The van der Waals surface area contributed by atoms with Gasteiger partial charge in [-0.25, -0.2) is 5.43 Å². The van der Waals surface area contributed by atoms with Crippen LogP contribution < -0.4 is 11.3 Å². The van der Waals surface area contributed by atoms with Gasteiger partial charge in [0, 0.05) is 0 Å². The summed E-state index contributed by atoms with van der Waals surface area (Å²) in [6.45, 7) is 4.17. The summed E-state index contributed by atoms with van der Waals surface area (Å²) in [5, 5.41) is 0. The molecule has 0 spiro atoms. The van der Waals surface area contributed by atoms with Gasteiger partial charge in [-0.3, -0.25) is 10.6 Å². The van der Waals surface area contributed by atoms with Gasteiger partial charge in [0.15, 0.2) is 0 Å². The van der Waals surface area contributed by atoms with Crippen LogP contribution in [0.2, 0.25) is 0 Å². The number of nitrogens with one attached hydrogen (secondary N) is 1. The molecule has 0 aromatic heterocycles. The van der Waals surface area contributed by atoms with Crippen molar-refractivity contribution >= 4 is 5.97 Å². The minimum Gasteiger partial charge on any atom is -0.460 e. The van der Waals surface area contributed by atoms with E-state index in [4.69, 9.17) is 10.6 Å². The van der Waals surface area contributed by atoms with E-state index in [1.807, 2.05) is 32.1 Å². The lowest BCUT2D eigenvalue weighted by molar-refractivity contribution is -0.141. The molecule has 0 aliphatic carbocycles. The number of carbonyl (C=O) groups is 1.